The topological polar surface area (TPSA) is 6.48 Å². The van der Waals surface area contributed by atoms with Crippen molar-refractivity contribution >= 4 is 0 Å². The maximum Gasteiger partial charge on any atom is 0.102 e. The Morgan fingerprint density at radius 3 is 1.96 bits per heavy atom. The Labute approximate surface area is 138 Å². The highest BCUT2D eigenvalue weighted by Gasteiger charge is 2.36. The molecule has 1 aliphatic rings. The second-order valence-corrected chi connectivity index (χ2v) is 6.15. The van der Waals surface area contributed by atoms with E-state index >= 15 is 0 Å². The van der Waals surface area contributed by atoms with Crippen LogP contribution in [0.5, 0.6) is 0 Å². The lowest BCUT2D eigenvalue weighted by Gasteiger charge is -2.49. The zero-order valence-electron chi connectivity index (χ0n) is 13.7. The molecule has 0 bridgehead atoms. The first-order valence-electron chi connectivity index (χ1n) is 8.47. The van der Waals surface area contributed by atoms with Crippen molar-refractivity contribution in [3.8, 4) is 0 Å². The third kappa shape index (κ3) is 3.62. The van der Waals surface area contributed by atoms with Crippen LogP contribution in [-0.2, 0) is 0 Å². The highest BCUT2D eigenvalue weighted by Crippen LogP contribution is 2.33. The van der Waals surface area contributed by atoms with Gasteiger partial charge in [-0.05, 0) is 17.7 Å². The Kier molecular flexibility index (Phi) is 5.42. The second kappa shape index (κ2) is 7.71. The predicted octanol–water partition coefficient (Wildman–Crippen LogP) is 3.75. The molecule has 2 nitrogen and oxygen atoms in total. The minimum atomic E-state index is -0.259. The first-order valence-corrected chi connectivity index (χ1v) is 8.47. The van der Waals surface area contributed by atoms with Crippen LogP contribution in [0.15, 0.2) is 60.7 Å². The highest BCUT2D eigenvalue weighted by molar-refractivity contribution is 5.32. The average Bonchev–Trinajstić information content (AvgIpc) is 2.58. The molecule has 2 aromatic carbocycles. The number of hydrogen-bond acceptors (Lipinski definition) is 2. The number of likely N-dealkylation sites (tertiary alicyclic amines) is 1. The molecule has 1 heterocycles. The third-order valence-electron chi connectivity index (χ3n) is 4.78. The van der Waals surface area contributed by atoms with Gasteiger partial charge in [-0.1, -0.05) is 67.6 Å². The van der Waals surface area contributed by atoms with Crippen LogP contribution in [0.4, 0.5) is 4.39 Å². The van der Waals surface area contributed by atoms with Crippen LogP contribution in [0.1, 0.15) is 24.1 Å². The highest BCUT2D eigenvalue weighted by atomic mass is 19.1. The zero-order valence-corrected chi connectivity index (χ0v) is 13.7. The van der Waals surface area contributed by atoms with Crippen molar-refractivity contribution in [1.82, 2.24) is 9.80 Å². The number of hydrogen-bond donors (Lipinski definition) is 0. The number of benzene rings is 2. The van der Waals surface area contributed by atoms with Gasteiger partial charge in [-0.2, -0.15) is 0 Å². The molecular formula is C20H25FN2. The van der Waals surface area contributed by atoms with E-state index in [1.165, 1.54) is 11.1 Å². The molecule has 1 saturated heterocycles. The summed E-state index contributed by atoms with van der Waals surface area (Å²) in [5.74, 6) is 0. The summed E-state index contributed by atoms with van der Waals surface area (Å²) < 4.78 is 12.7. The largest absolute Gasteiger partial charge is 0.296 e. The standard InChI is InChI=1S/C20H25FN2/c1-2-22(14-13-21)19-15-23(16-19)20(17-9-5-3-6-10-17)18-11-7-4-8-12-18/h3-12,19-20H,2,13-16H2,1H3. The number of rotatable bonds is 7. The summed E-state index contributed by atoms with van der Waals surface area (Å²) in [6, 6.07) is 22.1. The van der Waals surface area contributed by atoms with E-state index in [9.17, 15) is 4.39 Å². The van der Waals surface area contributed by atoms with Crippen molar-refractivity contribution in [3.05, 3.63) is 71.8 Å². The van der Waals surface area contributed by atoms with Gasteiger partial charge in [0, 0.05) is 25.7 Å². The third-order valence-corrected chi connectivity index (χ3v) is 4.78. The van der Waals surface area contributed by atoms with Gasteiger partial charge in [0.15, 0.2) is 0 Å². The Morgan fingerprint density at radius 2 is 1.52 bits per heavy atom. The zero-order chi connectivity index (χ0) is 16.1. The van der Waals surface area contributed by atoms with Crippen LogP contribution >= 0.6 is 0 Å². The van der Waals surface area contributed by atoms with E-state index in [4.69, 9.17) is 0 Å². The van der Waals surface area contributed by atoms with Gasteiger partial charge in [0.25, 0.3) is 0 Å². The summed E-state index contributed by atoms with van der Waals surface area (Å²) in [5.41, 5.74) is 2.65. The molecule has 0 atom stereocenters. The van der Waals surface area contributed by atoms with Gasteiger partial charge in [0.05, 0.1) is 6.04 Å². The Morgan fingerprint density at radius 1 is 1.00 bits per heavy atom. The molecule has 0 spiro atoms. The molecule has 0 radical (unpaired) electrons. The van der Waals surface area contributed by atoms with Gasteiger partial charge in [-0.25, -0.2) is 4.39 Å². The van der Waals surface area contributed by atoms with Crippen molar-refractivity contribution in [2.24, 2.45) is 0 Å². The van der Waals surface area contributed by atoms with Gasteiger partial charge >= 0.3 is 0 Å². The summed E-state index contributed by atoms with van der Waals surface area (Å²) in [6.45, 7) is 5.33. The summed E-state index contributed by atoms with van der Waals surface area (Å²) >= 11 is 0. The molecule has 23 heavy (non-hydrogen) atoms. The molecule has 0 N–H and O–H groups in total. The Bertz CT molecular complexity index is 542. The number of alkyl halides is 1. The van der Waals surface area contributed by atoms with Crippen molar-refractivity contribution in [3.63, 3.8) is 0 Å². The maximum absolute atomic E-state index is 12.7. The first-order chi connectivity index (χ1) is 11.3. The molecule has 2 aromatic rings. The van der Waals surface area contributed by atoms with E-state index in [0.717, 1.165) is 19.6 Å². The van der Waals surface area contributed by atoms with Crippen LogP contribution in [-0.4, -0.2) is 48.7 Å². The van der Waals surface area contributed by atoms with Crippen LogP contribution in [0.25, 0.3) is 0 Å². The van der Waals surface area contributed by atoms with Crippen LogP contribution in [0, 0.1) is 0 Å². The summed E-state index contributed by atoms with van der Waals surface area (Å²) in [7, 11) is 0. The lowest BCUT2D eigenvalue weighted by Crippen LogP contribution is -2.60. The Hall–Kier alpha value is -1.71. The van der Waals surface area contributed by atoms with Crippen LogP contribution in [0.3, 0.4) is 0 Å². The molecule has 0 saturated carbocycles. The number of nitrogens with zero attached hydrogens (tertiary/aromatic N) is 2. The molecule has 1 aliphatic heterocycles. The number of halogens is 1. The fraction of sp³-hybridized carbons (Fsp3) is 0.400. The molecule has 0 aliphatic carbocycles. The van der Waals surface area contributed by atoms with Crippen molar-refractivity contribution in [2.75, 3.05) is 32.9 Å². The normalized spacial score (nSPS) is 16.0. The van der Waals surface area contributed by atoms with Gasteiger partial charge in [-0.3, -0.25) is 9.80 Å². The van der Waals surface area contributed by atoms with Gasteiger partial charge in [0.2, 0.25) is 0 Å². The molecule has 0 aromatic heterocycles. The molecule has 0 unspecified atom stereocenters. The minimum Gasteiger partial charge on any atom is -0.296 e. The van der Waals surface area contributed by atoms with E-state index in [1.54, 1.807) is 0 Å². The number of likely N-dealkylation sites (N-methyl/N-ethyl adjacent to an activating group) is 1. The SMILES string of the molecule is CCN(CCF)C1CN(C(c2ccccc2)c2ccccc2)C1. The summed E-state index contributed by atoms with van der Waals surface area (Å²) in [5, 5.41) is 0. The van der Waals surface area contributed by atoms with E-state index in [1.807, 2.05) is 0 Å². The minimum absolute atomic E-state index is 0.259. The molecule has 122 valence electrons. The van der Waals surface area contributed by atoms with E-state index in [-0.39, 0.29) is 12.7 Å². The van der Waals surface area contributed by atoms with Gasteiger partial charge in [0.1, 0.15) is 6.67 Å². The van der Waals surface area contributed by atoms with E-state index < -0.39 is 0 Å². The first kappa shape index (κ1) is 16.2. The van der Waals surface area contributed by atoms with E-state index in [2.05, 4.69) is 77.4 Å². The quantitative estimate of drug-likeness (QED) is 0.768. The van der Waals surface area contributed by atoms with Crippen LogP contribution < -0.4 is 0 Å². The fourth-order valence-corrected chi connectivity index (χ4v) is 3.52. The Balaban J connectivity index is 1.77. The van der Waals surface area contributed by atoms with Crippen molar-refractivity contribution < 1.29 is 4.39 Å². The molecule has 0 amide bonds. The monoisotopic (exact) mass is 312 g/mol. The summed E-state index contributed by atoms with van der Waals surface area (Å²) in [6.07, 6.45) is 0. The molecule has 3 rings (SSSR count). The van der Waals surface area contributed by atoms with Crippen molar-refractivity contribution in [1.29, 1.82) is 0 Å². The van der Waals surface area contributed by atoms with Gasteiger partial charge < -0.3 is 0 Å². The predicted molar refractivity (Wildman–Crippen MR) is 93.3 cm³/mol. The lowest BCUT2D eigenvalue weighted by molar-refractivity contribution is 0.0142. The average molecular weight is 312 g/mol. The van der Waals surface area contributed by atoms with Crippen molar-refractivity contribution in [2.45, 2.75) is 19.0 Å². The fourth-order valence-electron chi connectivity index (χ4n) is 3.52. The van der Waals surface area contributed by atoms with Gasteiger partial charge in [-0.15, -0.1) is 0 Å². The molecule has 3 heteroatoms. The smallest absolute Gasteiger partial charge is 0.102 e. The van der Waals surface area contributed by atoms with E-state index in [0.29, 0.717) is 12.6 Å². The maximum atomic E-state index is 12.7. The summed E-state index contributed by atoms with van der Waals surface area (Å²) in [4.78, 5) is 4.75. The second-order valence-electron chi connectivity index (χ2n) is 6.15. The molecular weight excluding hydrogens is 287 g/mol. The van der Waals surface area contributed by atoms with Crippen LogP contribution in [0.2, 0.25) is 0 Å². The molecule has 1 fully saturated rings. The lowest BCUT2D eigenvalue weighted by atomic mass is 9.92.